The van der Waals surface area contributed by atoms with Crippen LogP contribution in [-0.2, 0) is 6.54 Å². The Kier molecular flexibility index (Phi) is 7.15. The van der Waals surface area contributed by atoms with Crippen molar-refractivity contribution in [1.29, 1.82) is 0 Å². The standard InChI is InChI=1S/C25H25N3O3S2/c1-16(2)32-19-7-5-6-18(14-19)24(29)28(15-17-10-12-26-13-11-17)25-27-22-20(30-3)8-9-21(31-4)23(22)33-25/h5-14,16H,15H2,1-4H3. The monoisotopic (exact) mass is 479 g/mol. The summed E-state index contributed by atoms with van der Waals surface area (Å²) in [5.74, 6) is 1.22. The van der Waals surface area contributed by atoms with Crippen molar-refractivity contribution in [3.8, 4) is 11.5 Å². The van der Waals surface area contributed by atoms with Gasteiger partial charge in [-0.05, 0) is 48.0 Å². The number of methoxy groups -OCH3 is 2. The van der Waals surface area contributed by atoms with Crippen LogP contribution in [0.25, 0.3) is 10.2 Å². The molecule has 33 heavy (non-hydrogen) atoms. The van der Waals surface area contributed by atoms with Gasteiger partial charge in [0.2, 0.25) is 0 Å². The normalized spacial score (nSPS) is 11.1. The van der Waals surface area contributed by atoms with E-state index in [1.165, 1.54) is 11.3 Å². The van der Waals surface area contributed by atoms with E-state index in [9.17, 15) is 4.79 Å². The lowest BCUT2D eigenvalue weighted by atomic mass is 10.2. The minimum Gasteiger partial charge on any atom is -0.495 e. The zero-order valence-corrected chi connectivity index (χ0v) is 20.6. The van der Waals surface area contributed by atoms with Gasteiger partial charge in [-0.3, -0.25) is 14.7 Å². The highest BCUT2D eigenvalue weighted by atomic mass is 32.2. The Morgan fingerprint density at radius 1 is 1.06 bits per heavy atom. The Balaban J connectivity index is 1.80. The summed E-state index contributed by atoms with van der Waals surface area (Å²) in [6.07, 6.45) is 3.45. The van der Waals surface area contributed by atoms with Crippen molar-refractivity contribution >= 4 is 44.4 Å². The predicted molar refractivity (Wildman–Crippen MR) is 135 cm³/mol. The summed E-state index contributed by atoms with van der Waals surface area (Å²) in [7, 11) is 3.23. The zero-order valence-electron chi connectivity index (χ0n) is 18.9. The molecule has 0 aliphatic heterocycles. The molecule has 0 spiro atoms. The first-order valence-electron chi connectivity index (χ1n) is 10.5. The number of anilines is 1. The fourth-order valence-electron chi connectivity index (χ4n) is 3.42. The molecule has 4 rings (SSSR count). The fraction of sp³-hybridized carbons (Fsp3) is 0.240. The first-order chi connectivity index (χ1) is 16.0. The van der Waals surface area contributed by atoms with Gasteiger partial charge in [0.15, 0.2) is 5.13 Å². The number of thiazole rings is 1. The van der Waals surface area contributed by atoms with Gasteiger partial charge in [-0.25, -0.2) is 4.98 Å². The molecule has 0 radical (unpaired) electrons. The molecular weight excluding hydrogens is 454 g/mol. The highest BCUT2D eigenvalue weighted by Crippen LogP contribution is 2.40. The van der Waals surface area contributed by atoms with Crippen LogP contribution in [0, 0.1) is 0 Å². The Morgan fingerprint density at radius 2 is 1.79 bits per heavy atom. The molecule has 0 N–H and O–H groups in total. The molecule has 4 aromatic rings. The number of rotatable bonds is 8. The third-order valence-corrected chi connectivity index (χ3v) is 7.01. The number of aromatic nitrogens is 2. The van der Waals surface area contributed by atoms with E-state index >= 15 is 0 Å². The van der Waals surface area contributed by atoms with Crippen LogP contribution in [0.5, 0.6) is 11.5 Å². The van der Waals surface area contributed by atoms with E-state index in [1.54, 1.807) is 43.3 Å². The molecule has 0 saturated carbocycles. The van der Waals surface area contributed by atoms with Gasteiger partial charge in [-0.2, -0.15) is 0 Å². The zero-order chi connectivity index (χ0) is 23.4. The van der Waals surface area contributed by atoms with Gasteiger partial charge in [0.1, 0.15) is 21.7 Å². The minimum atomic E-state index is -0.116. The van der Waals surface area contributed by atoms with E-state index in [0.29, 0.717) is 39.5 Å². The van der Waals surface area contributed by atoms with Crippen LogP contribution in [-0.4, -0.2) is 35.3 Å². The van der Waals surface area contributed by atoms with Crippen molar-refractivity contribution in [3.63, 3.8) is 0 Å². The number of ether oxygens (including phenoxy) is 2. The number of nitrogens with zero attached hydrogens (tertiary/aromatic N) is 3. The van der Waals surface area contributed by atoms with Crippen molar-refractivity contribution in [3.05, 3.63) is 72.1 Å². The van der Waals surface area contributed by atoms with Crippen LogP contribution in [0.3, 0.4) is 0 Å². The number of carbonyl (C=O) groups excluding carboxylic acids is 1. The van der Waals surface area contributed by atoms with E-state index < -0.39 is 0 Å². The SMILES string of the molecule is COc1ccc(OC)c2sc(N(Cc3ccncc3)C(=O)c3cccc(SC(C)C)c3)nc12. The maximum absolute atomic E-state index is 13.8. The molecule has 170 valence electrons. The van der Waals surface area contributed by atoms with Crippen LogP contribution < -0.4 is 14.4 Å². The second kappa shape index (κ2) is 10.2. The summed E-state index contributed by atoms with van der Waals surface area (Å²) in [5.41, 5.74) is 2.26. The van der Waals surface area contributed by atoms with E-state index in [2.05, 4.69) is 18.8 Å². The van der Waals surface area contributed by atoms with Crippen molar-refractivity contribution in [2.45, 2.75) is 30.5 Å². The summed E-state index contributed by atoms with van der Waals surface area (Å²) in [6, 6.07) is 15.2. The Bertz CT molecular complexity index is 1220. The molecule has 0 aliphatic carbocycles. The number of pyridine rings is 1. The lowest BCUT2D eigenvalue weighted by Crippen LogP contribution is -2.30. The first-order valence-corrected chi connectivity index (χ1v) is 12.2. The Morgan fingerprint density at radius 3 is 2.48 bits per heavy atom. The highest BCUT2D eigenvalue weighted by Gasteiger charge is 2.24. The Hall–Kier alpha value is -3.10. The van der Waals surface area contributed by atoms with Gasteiger partial charge < -0.3 is 9.47 Å². The topological polar surface area (TPSA) is 64.6 Å². The van der Waals surface area contributed by atoms with E-state index in [4.69, 9.17) is 14.5 Å². The summed E-state index contributed by atoms with van der Waals surface area (Å²) in [4.78, 5) is 25.4. The lowest BCUT2D eigenvalue weighted by Gasteiger charge is -2.20. The quantitative estimate of drug-likeness (QED) is 0.286. The van der Waals surface area contributed by atoms with Gasteiger partial charge in [-0.15, -0.1) is 11.8 Å². The number of hydrogen-bond donors (Lipinski definition) is 0. The maximum atomic E-state index is 13.8. The highest BCUT2D eigenvalue weighted by molar-refractivity contribution is 7.99. The smallest absolute Gasteiger partial charge is 0.260 e. The van der Waals surface area contributed by atoms with Crippen molar-refractivity contribution in [2.24, 2.45) is 0 Å². The summed E-state index contributed by atoms with van der Waals surface area (Å²) in [6.45, 7) is 4.64. The summed E-state index contributed by atoms with van der Waals surface area (Å²) >= 11 is 3.14. The molecule has 1 amide bonds. The fourth-order valence-corrected chi connectivity index (χ4v) is 5.39. The van der Waals surface area contributed by atoms with Crippen LogP contribution in [0.1, 0.15) is 29.8 Å². The molecule has 2 aromatic heterocycles. The van der Waals surface area contributed by atoms with Crippen LogP contribution in [0.2, 0.25) is 0 Å². The minimum absolute atomic E-state index is 0.116. The second-order valence-corrected chi connectivity index (χ2v) is 10.2. The van der Waals surface area contributed by atoms with Crippen molar-refractivity contribution in [2.75, 3.05) is 19.1 Å². The van der Waals surface area contributed by atoms with Crippen LogP contribution >= 0.6 is 23.1 Å². The average molecular weight is 480 g/mol. The van der Waals surface area contributed by atoms with Gasteiger partial charge in [-0.1, -0.05) is 31.3 Å². The number of hydrogen-bond acceptors (Lipinski definition) is 7. The predicted octanol–water partition coefficient (Wildman–Crippen LogP) is 6.06. The van der Waals surface area contributed by atoms with E-state index in [1.807, 2.05) is 48.5 Å². The molecule has 0 saturated heterocycles. The molecule has 0 unspecified atom stereocenters. The van der Waals surface area contributed by atoms with Crippen LogP contribution in [0.4, 0.5) is 5.13 Å². The number of amides is 1. The first kappa shape index (κ1) is 23.1. The van der Waals surface area contributed by atoms with Gasteiger partial charge in [0.25, 0.3) is 5.91 Å². The third kappa shape index (κ3) is 5.12. The van der Waals surface area contributed by atoms with Gasteiger partial charge >= 0.3 is 0 Å². The largest absolute Gasteiger partial charge is 0.495 e. The second-order valence-electron chi connectivity index (χ2n) is 7.59. The molecule has 0 atom stereocenters. The molecule has 0 aliphatic rings. The number of benzene rings is 2. The van der Waals surface area contributed by atoms with Gasteiger partial charge in [0, 0.05) is 28.1 Å². The average Bonchev–Trinajstić information content (AvgIpc) is 3.27. The summed E-state index contributed by atoms with van der Waals surface area (Å²) in [5, 5.41) is 1.00. The van der Waals surface area contributed by atoms with Crippen molar-refractivity contribution in [1.82, 2.24) is 9.97 Å². The number of carbonyl (C=O) groups is 1. The molecule has 2 aromatic carbocycles. The molecule has 6 nitrogen and oxygen atoms in total. The third-order valence-electron chi connectivity index (χ3n) is 4.92. The number of fused-ring (bicyclic) bond motifs is 1. The molecule has 2 heterocycles. The van der Waals surface area contributed by atoms with E-state index in [0.717, 1.165) is 15.2 Å². The van der Waals surface area contributed by atoms with E-state index in [-0.39, 0.29) is 5.91 Å². The molecule has 0 fully saturated rings. The van der Waals surface area contributed by atoms with Crippen LogP contribution in [0.15, 0.2) is 65.8 Å². The van der Waals surface area contributed by atoms with Crippen molar-refractivity contribution < 1.29 is 14.3 Å². The summed E-state index contributed by atoms with van der Waals surface area (Å²) < 4.78 is 11.9. The maximum Gasteiger partial charge on any atom is 0.260 e. The molecular formula is C25H25N3O3S2. The Labute approximate surface area is 201 Å². The number of thioether (sulfide) groups is 1. The van der Waals surface area contributed by atoms with Gasteiger partial charge in [0.05, 0.1) is 20.8 Å². The molecule has 0 bridgehead atoms. The lowest BCUT2D eigenvalue weighted by molar-refractivity contribution is 0.0985. The molecule has 8 heteroatoms.